The molecule has 0 aromatic carbocycles. The molecular weight excluding hydrogens is 150 g/mol. The molecule has 1 saturated heterocycles. The molecule has 4 atom stereocenters. The van der Waals surface area contributed by atoms with Gasteiger partial charge in [-0.3, -0.25) is 0 Å². The maximum Gasteiger partial charge on any atom is 0.0990 e. The summed E-state index contributed by atoms with van der Waals surface area (Å²) in [5.74, 6) is 0. The van der Waals surface area contributed by atoms with Gasteiger partial charge < -0.3 is 25.7 Å². The molecule has 1 aliphatic heterocycles. The molecule has 0 saturated carbocycles. The van der Waals surface area contributed by atoms with E-state index in [1.54, 1.807) is 0 Å². The van der Waals surface area contributed by atoms with Crippen LogP contribution in [-0.4, -0.2) is 57.9 Å². The Balaban J connectivity index is 2.47. The first-order chi connectivity index (χ1) is 5.16. The second-order valence-corrected chi connectivity index (χ2v) is 2.74. The molecule has 1 fully saturated rings. The molecule has 1 aliphatic rings. The quantitative estimate of drug-likeness (QED) is 0.300. The molecule has 5 N–H and O–H groups in total. The highest BCUT2D eigenvalue weighted by Crippen LogP contribution is 2.10. The number of hydrogen-bond donors (Lipinski definition) is 5. The monoisotopic (exact) mass is 163 g/mol. The minimum absolute atomic E-state index is 0.253. The normalized spacial score (nSPS) is 40.9. The van der Waals surface area contributed by atoms with Crippen LogP contribution in [0.25, 0.3) is 0 Å². The highest BCUT2D eigenvalue weighted by Gasteiger charge is 2.36. The van der Waals surface area contributed by atoms with E-state index < -0.39 is 31.0 Å². The zero-order chi connectivity index (χ0) is 8.43. The largest absolute Gasteiger partial charge is 0.394 e. The Hall–Kier alpha value is -0.200. The molecule has 5 nitrogen and oxygen atoms in total. The lowest BCUT2D eigenvalue weighted by Gasteiger charge is -2.19. The number of nitrogens with one attached hydrogen (secondary N) is 1. The van der Waals surface area contributed by atoms with Gasteiger partial charge in [0.05, 0.1) is 31.0 Å². The lowest BCUT2D eigenvalue weighted by atomic mass is 10.1. The molecule has 0 amide bonds. The SMILES string of the molecule is OC[C@H](O)[C@H]1NC[C@H](O)[C@H]1O. The summed E-state index contributed by atoms with van der Waals surface area (Å²) in [5.41, 5.74) is 0. The van der Waals surface area contributed by atoms with Crippen molar-refractivity contribution in [2.45, 2.75) is 24.4 Å². The van der Waals surface area contributed by atoms with Crippen molar-refractivity contribution in [1.29, 1.82) is 0 Å². The van der Waals surface area contributed by atoms with Gasteiger partial charge in [-0.25, -0.2) is 0 Å². The average molecular weight is 163 g/mol. The van der Waals surface area contributed by atoms with Crippen LogP contribution in [0.3, 0.4) is 0 Å². The fraction of sp³-hybridized carbons (Fsp3) is 1.00. The first-order valence-corrected chi connectivity index (χ1v) is 3.55. The van der Waals surface area contributed by atoms with Gasteiger partial charge in [-0.15, -0.1) is 0 Å². The molecule has 1 rings (SSSR count). The van der Waals surface area contributed by atoms with Crippen LogP contribution in [0, 0.1) is 0 Å². The van der Waals surface area contributed by atoms with Gasteiger partial charge in [-0.2, -0.15) is 0 Å². The Labute approximate surface area is 64.3 Å². The highest BCUT2D eigenvalue weighted by molar-refractivity contribution is 4.94. The van der Waals surface area contributed by atoms with Crippen LogP contribution < -0.4 is 5.32 Å². The standard InChI is InChI=1S/C6H13NO4/c8-2-4(10)5-6(11)3(9)1-7-5/h3-11H,1-2H2/t3-,4-,5+,6+/m0/s1. The van der Waals surface area contributed by atoms with E-state index in [2.05, 4.69) is 5.32 Å². The van der Waals surface area contributed by atoms with E-state index >= 15 is 0 Å². The molecule has 11 heavy (non-hydrogen) atoms. The van der Waals surface area contributed by atoms with Crippen molar-refractivity contribution in [2.24, 2.45) is 0 Å². The van der Waals surface area contributed by atoms with Gasteiger partial charge in [-0.05, 0) is 0 Å². The predicted octanol–water partition coefficient (Wildman–Crippen LogP) is -2.97. The van der Waals surface area contributed by atoms with Crippen molar-refractivity contribution in [3.05, 3.63) is 0 Å². The predicted molar refractivity (Wildman–Crippen MR) is 36.9 cm³/mol. The van der Waals surface area contributed by atoms with E-state index in [0.29, 0.717) is 0 Å². The molecule has 0 bridgehead atoms. The van der Waals surface area contributed by atoms with Crippen LogP contribution in [0.5, 0.6) is 0 Å². The lowest BCUT2D eigenvalue weighted by molar-refractivity contribution is -0.00977. The van der Waals surface area contributed by atoms with Crippen molar-refractivity contribution in [1.82, 2.24) is 5.32 Å². The average Bonchev–Trinajstić information content (AvgIpc) is 2.32. The van der Waals surface area contributed by atoms with Crippen molar-refractivity contribution in [3.63, 3.8) is 0 Å². The molecule has 0 radical (unpaired) electrons. The van der Waals surface area contributed by atoms with Gasteiger partial charge in [0.15, 0.2) is 0 Å². The van der Waals surface area contributed by atoms with Crippen molar-refractivity contribution < 1.29 is 20.4 Å². The Morgan fingerprint density at radius 2 is 2.09 bits per heavy atom. The van der Waals surface area contributed by atoms with Crippen molar-refractivity contribution in [2.75, 3.05) is 13.2 Å². The Kier molecular flexibility index (Phi) is 2.80. The topological polar surface area (TPSA) is 93.0 Å². The summed E-state index contributed by atoms with van der Waals surface area (Å²) in [4.78, 5) is 0. The highest BCUT2D eigenvalue weighted by atomic mass is 16.3. The summed E-state index contributed by atoms with van der Waals surface area (Å²) in [7, 11) is 0. The molecular formula is C6H13NO4. The number of β-amino-alcohol motifs (C(OH)–C–C–N with tert-alkyl or cyclic N) is 1. The first kappa shape index (κ1) is 8.89. The van der Waals surface area contributed by atoms with Gasteiger partial charge in [0.1, 0.15) is 0 Å². The Morgan fingerprint density at radius 3 is 2.45 bits per heavy atom. The summed E-state index contributed by atoms with van der Waals surface area (Å²) in [6.07, 6.45) is -2.85. The maximum atomic E-state index is 9.18. The van der Waals surface area contributed by atoms with Gasteiger partial charge >= 0.3 is 0 Å². The number of aliphatic hydroxyl groups excluding tert-OH is 4. The first-order valence-electron chi connectivity index (χ1n) is 3.55. The summed E-state index contributed by atoms with van der Waals surface area (Å²) >= 11 is 0. The number of rotatable bonds is 2. The molecule has 0 unspecified atom stereocenters. The third-order valence-electron chi connectivity index (χ3n) is 1.93. The van der Waals surface area contributed by atoms with Crippen LogP contribution in [0.15, 0.2) is 0 Å². The van der Waals surface area contributed by atoms with E-state index in [0.717, 1.165) is 0 Å². The van der Waals surface area contributed by atoms with Gasteiger partial charge in [0.25, 0.3) is 0 Å². The molecule has 0 spiro atoms. The second kappa shape index (κ2) is 3.46. The smallest absolute Gasteiger partial charge is 0.0990 e. The summed E-state index contributed by atoms with van der Waals surface area (Å²) < 4.78 is 0. The zero-order valence-corrected chi connectivity index (χ0v) is 6.01. The Morgan fingerprint density at radius 1 is 1.45 bits per heavy atom. The van der Waals surface area contributed by atoms with E-state index in [9.17, 15) is 5.11 Å². The number of hydrogen-bond acceptors (Lipinski definition) is 5. The molecule has 1 heterocycles. The summed E-state index contributed by atoms with van der Waals surface area (Å²) in [6.45, 7) is -0.162. The van der Waals surface area contributed by atoms with E-state index in [-0.39, 0.29) is 6.54 Å². The number of aliphatic hydroxyl groups is 4. The lowest BCUT2D eigenvalue weighted by Crippen LogP contribution is -2.44. The van der Waals surface area contributed by atoms with Gasteiger partial charge in [-0.1, -0.05) is 0 Å². The third kappa shape index (κ3) is 1.69. The van der Waals surface area contributed by atoms with Crippen LogP contribution >= 0.6 is 0 Å². The molecule has 5 heteroatoms. The fourth-order valence-electron chi connectivity index (χ4n) is 1.21. The minimum Gasteiger partial charge on any atom is -0.394 e. The Bertz CT molecular complexity index is 132. The zero-order valence-electron chi connectivity index (χ0n) is 6.01. The van der Waals surface area contributed by atoms with Crippen LogP contribution in [0.1, 0.15) is 0 Å². The summed E-state index contributed by atoms with van der Waals surface area (Å²) in [6, 6.07) is -0.616. The minimum atomic E-state index is -1.01. The van der Waals surface area contributed by atoms with Crippen molar-refractivity contribution in [3.8, 4) is 0 Å². The molecule has 66 valence electrons. The molecule has 0 aromatic heterocycles. The van der Waals surface area contributed by atoms with E-state index in [1.165, 1.54) is 0 Å². The van der Waals surface area contributed by atoms with Gasteiger partial charge in [0.2, 0.25) is 0 Å². The third-order valence-corrected chi connectivity index (χ3v) is 1.93. The molecule has 0 aromatic rings. The van der Waals surface area contributed by atoms with E-state index in [1.807, 2.05) is 0 Å². The van der Waals surface area contributed by atoms with Crippen LogP contribution in [0.4, 0.5) is 0 Å². The van der Waals surface area contributed by atoms with Crippen molar-refractivity contribution >= 4 is 0 Å². The summed E-state index contributed by atoms with van der Waals surface area (Å²) in [5, 5.41) is 38.5. The van der Waals surface area contributed by atoms with Gasteiger partial charge in [0, 0.05) is 6.54 Å². The fourth-order valence-corrected chi connectivity index (χ4v) is 1.21. The maximum absolute atomic E-state index is 9.18. The molecule has 0 aliphatic carbocycles. The van der Waals surface area contributed by atoms with Crippen LogP contribution in [-0.2, 0) is 0 Å². The van der Waals surface area contributed by atoms with E-state index in [4.69, 9.17) is 15.3 Å². The van der Waals surface area contributed by atoms with Crippen LogP contribution in [0.2, 0.25) is 0 Å². The second-order valence-electron chi connectivity index (χ2n) is 2.74.